The Kier molecular flexibility index (Phi) is 4.02. The first kappa shape index (κ1) is 12.0. The predicted octanol–water partition coefficient (Wildman–Crippen LogP) is 2.59. The van der Waals surface area contributed by atoms with Crippen LogP contribution >= 0.6 is 0 Å². The van der Waals surface area contributed by atoms with E-state index in [2.05, 4.69) is 9.80 Å². The predicted molar refractivity (Wildman–Crippen MR) is 72.2 cm³/mol. The van der Waals surface area contributed by atoms with Crippen LogP contribution in [0.2, 0.25) is 0 Å². The number of nitrogens with zero attached hydrogens (tertiary/aromatic N) is 2. The second-order valence-electron chi connectivity index (χ2n) is 6.47. The highest BCUT2D eigenvalue weighted by molar-refractivity contribution is 4.87. The molecule has 0 spiro atoms. The summed E-state index contributed by atoms with van der Waals surface area (Å²) in [6.07, 6.45) is 10.4. The molecule has 0 bridgehead atoms. The van der Waals surface area contributed by atoms with Gasteiger partial charge in [0.1, 0.15) is 0 Å². The SMILES string of the molecule is C1CCN(CCN2CC3CCCCC3C2)CC1. The third-order valence-corrected chi connectivity index (χ3v) is 5.23. The number of piperidine rings is 1. The number of rotatable bonds is 3. The van der Waals surface area contributed by atoms with Gasteiger partial charge in [0.05, 0.1) is 0 Å². The summed E-state index contributed by atoms with van der Waals surface area (Å²) in [7, 11) is 0. The minimum Gasteiger partial charge on any atom is -0.302 e. The number of fused-ring (bicyclic) bond motifs is 1. The summed E-state index contributed by atoms with van der Waals surface area (Å²) in [5.41, 5.74) is 0. The molecular formula is C15H28N2. The Balaban J connectivity index is 1.40. The zero-order valence-electron chi connectivity index (χ0n) is 11.2. The molecular weight excluding hydrogens is 208 g/mol. The molecule has 0 aromatic carbocycles. The van der Waals surface area contributed by atoms with E-state index in [4.69, 9.17) is 0 Å². The fraction of sp³-hybridized carbons (Fsp3) is 1.00. The Labute approximate surface area is 106 Å². The molecule has 2 unspecified atom stereocenters. The molecule has 2 nitrogen and oxygen atoms in total. The van der Waals surface area contributed by atoms with Gasteiger partial charge in [0.25, 0.3) is 0 Å². The van der Waals surface area contributed by atoms with Crippen LogP contribution in [-0.2, 0) is 0 Å². The third kappa shape index (κ3) is 3.03. The van der Waals surface area contributed by atoms with Gasteiger partial charge in [-0.3, -0.25) is 0 Å². The lowest BCUT2D eigenvalue weighted by Gasteiger charge is -2.28. The van der Waals surface area contributed by atoms with E-state index >= 15 is 0 Å². The summed E-state index contributed by atoms with van der Waals surface area (Å²) >= 11 is 0. The van der Waals surface area contributed by atoms with Gasteiger partial charge in [0, 0.05) is 26.2 Å². The molecule has 2 aliphatic heterocycles. The highest BCUT2D eigenvalue weighted by Crippen LogP contribution is 2.35. The van der Waals surface area contributed by atoms with Crippen LogP contribution in [0.5, 0.6) is 0 Å². The zero-order chi connectivity index (χ0) is 11.5. The van der Waals surface area contributed by atoms with Crippen molar-refractivity contribution in [1.82, 2.24) is 9.80 Å². The lowest BCUT2D eigenvalue weighted by molar-refractivity contribution is 0.193. The maximum Gasteiger partial charge on any atom is 0.0110 e. The molecule has 1 aliphatic carbocycles. The van der Waals surface area contributed by atoms with Crippen molar-refractivity contribution in [2.24, 2.45) is 11.8 Å². The smallest absolute Gasteiger partial charge is 0.0110 e. The van der Waals surface area contributed by atoms with Gasteiger partial charge in [-0.15, -0.1) is 0 Å². The maximum atomic E-state index is 2.76. The number of hydrogen-bond acceptors (Lipinski definition) is 2. The molecule has 1 saturated carbocycles. The average molecular weight is 236 g/mol. The second kappa shape index (κ2) is 5.71. The van der Waals surface area contributed by atoms with Crippen molar-refractivity contribution in [2.45, 2.75) is 44.9 Å². The number of likely N-dealkylation sites (tertiary alicyclic amines) is 2. The summed E-state index contributed by atoms with van der Waals surface area (Å²) in [5.74, 6) is 2.12. The van der Waals surface area contributed by atoms with Crippen LogP contribution < -0.4 is 0 Å². The van der Waals surface area contributed by atoms with Crippen molar-refractivity contribution >= 4 is 0 Å². The van der Waals surface area contributed by atoms with Crippen LogP contribution in [-0.4, -0.2) is 49.1 Å². The highest BCUT2D eigenvalue weighted by atomic mass is 15.2. The molecule has 2 heteroatoms. The largest absolute Gasteiger partial charge is 0.302 e. The van der Waals surface area contributed by atoms with Crippen LogP contribution in [0.4, 0.5) is 0 Å². The molecule has 3 rings (SSSR count). The van der Waals surface area contributed by atoms with Gasteiger partial charge in [-0.1, -0.05) is 19.3 Å². The minimum absolute atomic E-state index is 1.06. The van der Waals surface area contributed by atoms with Gasteiger partial charge >= 0.3 is 0 Å². The van der Waals surface area contributed by atoms with E-state index in [9.17, 15) is 0 Å². The van der Waals surface area contributed by atoms with E-state index in [1.807, 2.05) is 0 Å². The lowest BCUT2D eigenvalue weighted by atomic mass is 9.82. The average Bonchev–Trinajstić information content (AvgIpc) is 2.80. The van der Waals surface area contributed by atoms with E-state index in [0.29, 0.717) is 0 Å². The second-order valence-corrected chi connectivity index (χ2v) is 6.47. The van der Waals surface area contributed by atoms with Crippen molar-refractivity contribution in [3.8, 4) is 0 Å². The molecule has 0 aromatic heterocycles. The van der Waals surface area contributed by atoms with Gasteiger partial charge in [-0.2, -0.15) is 0 Å². The molecule has 2 heterocycles. The Morgan fingerprint density at radius 3 is 1.88 bits per heavy atom. The molecule has 3 fully saturated rings. The van der Waals surface area contributed by atoms with Crippen LogP contribution in [0.1, 0.15) is 44.9 Å². The van der Waals surface area contributed by atoms with Crippen LogP contribution in [0.3, 0.4) is 0 Å². The maximum absolute atomic E-state index is 2.76. The van der Waals surface area contributed by atoms with Crippen molar-refractivity contribution in [2.75, 3.05) is 39.3 Å². The van der Waals surface area contributed by atoms with Crippen molar-refractivity contribution in [1.29, 1.82) is 0 Å². The molecule has 0 radical (unpaired) electrons. The summed E-state index contributed by atoms with van der Waals surface area (Å²) < 4.78 is 0. The van der Waals surface area contributed by atoms with Crippen LogP contribution in [0.25, 0.3) is 0 Å². The standard InChI is InChI=1S/C15H28N2/c1-4-8-16(9-5-1)10-11-17-12-14-6-2-3-7-15(14)13-17/h14-15H,1-13H2. The van der Waals surface area contributed by atoms with E-state index < -0.39 is 0 Å². The fourth-order valence-corrected chi connectivity index (χ4v) is 4.15. The molecule has 2 atom stereocenters. The molecule has 2 saturated heterocycles. The van der Waals surface area contributed by atoms with E-state index in [0.717, 1.165) is 11.8 Å². The topological polar surface area (TPSA) is 6.48 Å². The molecule has 0 N–H and O–H groups in total. The van der Waals surface area contributed by atoms with Gasteiger partial charge in [-0.25, -0.2) is 0 Å². The van der Waals surface area contributed by atoms with Gasteiger partial charge in [0.15, 0.2) is 0 Å². The summed E-state index contributed by atoms with van der Waals surface area (Å²) in [5, 5.41) is 0. The number of hydrogen-bond donors (Lipinski definition) is 0. The van der Waals surface area contributed by atoms with E-state index in [1.54, 1.807) is 0 Å². The Morgan fingerprint density at radius 2 is 1.24 bits per heavy atom. The zero-order valence-corrected chi connectivity index (χ0v) is 11.2. The van der Waals surface area contributed by atoms with Crippen LogP contribution in [0, 0.1) is 11.8 Å². The molecule has 0 amide bonds. The molecule has 17 heavy (non-hydrogen) atoms. The summed E-state index contributed by atoms with van der Waals surface area (Å²) in [6, 6.07) is 0. The first-order chi connectivity index (χ1) is 8.42. The van der Waals surface area contributed by atoms with Crippen LogP contribution in [0.15, 0.2) is 0 Å². The minimum atomic E-state index is 1.06. The summed E-state index contributed by atoms with van der Waals surface area (Å²) in [4.78, 5) is 5.45. The molecule has 3 aliphatic rings. The third-order valence-electron chi connectivity index (χ3n) is 5.23. The first-order valence-electron chi connectivity index (χ1n) is 7.86. The quantitative estimate of drug-likeness (QED) is 0.743. The Morgan fingerprint density at radius 1 is 0.647 bits per heavy atom. The monoisotopic (exact) mass is 236 g/mol. The van der Waals surface area contributed by atoms with Gasteiger partial charge in [-0.05, 0) is 50.6 Å². The van der Waals surface area contributed by atoms with Crippen molar-refractivity contribution in [3.05, 3.63) is 0 Å². The Bertz CT molecular complexity index is 221. The van der Waals surface area contributed by atoms with Crippen molar-refractivity contribution < 1.29 is 0 Å². The lowest BCUT2D eigenvalue weighted by Crippen LogP contribution is -2.37. The fourth-order valence-electron chi connectivity index (χ4n) is 4.15. The normalized spacial score (nSPS) is 36.0. The molecule has 98 valence electrons. The summed E-state index contributed by atoms with van der Waals surface area (Å²) in [6.45, 7) is 8.23. The molecule has 0 aromatic rings. The Hall–Kier alpha value is -0.0800. The van der Waals surface area contributed by atoms with Gasteiger partial charge < -0.3 is 9.80 Å². The van der Waals surface area contributed by atoms with E-state index in [1.165, 1.54) is 84.2 Å². The first-order valence-corrected chi connectivity index (χ1v) is 7.86. The highest BCUT2D eigenvalue weighted by Gasteiger charge is 2.33. The van der Waals surface area contributed by atoms with E-state index in [-0.39, 0.29) is 0 Å². The van der Waals surface area contributed by atoms with Crippen molar-refractivity contribution in [3.63, 3.8) is 0 Å². The van der Waals surface area contributed by atoms with Gasteiger partial charge in [0.2, 0.25) is 0 Å².